The van der Waals surface area contributed by atoms with Gasteiger partial charge in [-0.3, -0.25) is 9.80 Å². The first-order valence-corrected chi connectivity index (χ1v) is 16.2. The first-order valence-electron chi connectivity index (χ1n) is 15.0. The minimum atomic E-state index is -4.61. The molecule has 3 aromatic rings. The SMILES string of the molecule is CCOCCCN1CCN(c2ncnc(Nc3nc(-c4ccc(Cl)c(C(F)(F)F)c4)c(CN4CCC[C@H]4C)s3)c2F)C[C@@H]1C. The summed E-state index contributed by atoms with van der Waals surface area (Å²) in [4.78, 5) is 20.4. The summed E-state index contributed by atoms with van der Waals surface area (Å²) in [5.74, 6) is -0.421. The number of hydrogen-bond donors (Lipinski definition) is 1. The number of alkyl halides is 3. The van der Waals surface area contributed by atoms with Crippen molar-refractivity contribution in [2.75, 3.05) is 56.2 Å². The number of hydrogen-bond acceptors (Lipinski definition) is 9. The zero-order valence-electron chi connectivity index (χ0n) is 25.1. The van der Waals surface area contributed by atoms with Crippen LogP contribution >= 0.6 is 22.9 Å². The minimum Gasteiger partial charge on any atom is -0.382 e. The van der Waals surface area contributed by atoms with Crippen molar-refractivity contribution in [2.45, 2.75) is 64.8 Å². The number of rotatable bonds is 11. The van der Waals surface area contributed by atoms with Crippen molar-refractivity contribution in [3.05, 3.63) is 45.8 Å². The van der Waals surface area contributed by atoms with Gasteiger partial charge in [-0.1, -0.05) is 29.0 Å². The molecule has 2 aliphatic rings. The number of nitrogens with one attached hydrogen (secondary N) is 1. The maximum Gasteiger partial charge on any atom is 0.417 e. The van der Waals surface area contributed by atoms with Gasteiger partial charge in [0.2, 0.25) is 5.82 Å². The van der Waals surface area contributed by atoms with E-state index in [1.807, 2.05) is 11.8 Å². The highest BCUT2D eigenvalue weighted by molar-refractivity contribution is 7.16. The molecule has 2 saturated heterocycles. The number of anilines is 3. The highest BCUT2D eigenvalue weighted by Crippen LogP contribution is 2.40. The molecule has 2 fully saturated rings. The summed E-state index contributed by atoms with van der Waals surface area (Å²) < 4.78 is 62.4. The molecular weight excluding hydrogens is 618 g/mol. The van der Waals surface area contributed by atoms with Crippen molar-refractivity contribution in [1.82, 2.24) is 24.8 Å². The van der Waals surface area contributed by atoms with Gasteiger partial charge >= 0.3 is 6.18 Å². The molecule has 0 amide bonds. The third kappa shape index (κ3) is 7.61. The molecule has 8 nitrogen and oxygen atoms in total. The van der Waals surface area contributed by atoms with Crippen LogP contribution in [0.5, 0.6) is 0 Å². The van der Waals surface area contributed by atoms with Gasteiger partial charge in [-0.25, -0.2) is 15.0 Å². The van der Waals surface area contributed by atoms with Crippen LogP contribution in [0.3, 0.4) is 0 Å². The number of nitrogens with zero attached hydrogens (tertiary/aromatic N) is 6. The first-order chi connectivity index (χ1) is 21.0. The van der Waals surface area contributed by atoms with Gasteiger partial charge in [-0.15, -0.1) is 0 Å². The second-order valence-electron chi connectivity index (χ2n) is 11.3. The van der Waals surface area contributed by atoms with E-state index in [2.05, 4.69) is 43.9 Å². The fourth-order valence-electron chi connectivity index (χ4n) is 5.84. The van der Waals surface area contributed by atoms with Gasteiger partial charge in [-0.2, -0.15) is 17.6 Å². The molecule has 0 aliphatic carbocycles. The van der Waals surface area contributed by atoms with Crippen LogP contribution in [0, 0.1) is 5.82 Å². The van der Waals surface area contributed by atoms with Crippen LogP contribution < -0.4 is 10.2 Å². The lowest BCUT2D eigenvalue weighted by molar-refractivity contribution is -0.137. The highest BCUT2D eigenvalue weighted by atomic mass is 35.5. The van der Waals surface area contributed by atoms with E-state index in [4.69, 9.17) is 16.3 Å². The van der Waals surface area contributed by atoms with Gasteiger partial charge in [-0.05, 0) is 58.7 Å². The van der Waals surface area contributed by atoms with E-state index in [1.54, 1.807) is 0 Å². The summed E-state index contributed by atoms with van der Waals surface area (Å²) in [7, 11) is 0. The van der Waals surface area contributed by atoms with Crippen LogP contribution in [0.1, 0.15) is 50.5 Å². The van der Waals surface area contributed by atoms with E-state index in [0.717, 1.165) is 56.4 Å². The Hall–Kier alpha value is -2.58. The average Bonchev–Trinajstić information content (AvgIpc) is 3.58. The smallest absolute Gasteiger partial charge is 0.382 e. The Labute approximate surface area is 264 Å². The van der Waals surface area contributed by atoms with E-state index < -0.39 is 17.6 Å². The van der Waals surface area contributed by atoms with Crippen molar-refractivity contribution in [3.8, 4) is 11.3 Å². The second kappa shape index (κ2) is 14.2. The monoisotopic (exact) mass is 655 g/mol. The number of halogens is 5. The Morgan fingerprint density at radius 1 is 1.11 bits per heavy atom. The quantitative estimate of drug-likeness (QED) is 0.174. The lowest BCUT2D eigenvalue weighted by atomic mass is 10.1. The predicted octanol–water partition coefficient (Wildman–Crippen LogP) is 7.08. The Morgan fingerprint density at radius 3 is 2.64 bits per heavy atom. The van der Waals surface area contributed by atoms with Crippen molar-refractivity contribution in [3.63, 3.8) is 0 Å². The summed E-state index contributed by atoms with van der Waals surface area (Å²) in [5, 5.41) is 2.96. The molecule has 1 N–H and O–H groups in total. The summed E-state index contributed by atoms with van der Waals surface area (Å²) in [5.41, 5.74) is -0.220. The Morgan fingerprint density at radius 2 is 1.93 bits per heavy atom. The standard InChI is InChI=1S/C30H38ClF4N7OS/c1-4-43-14-6-11-40-12-13-42(16-20(40)3)28-25(32)27(36-18-37-28)39-29-38-26(24(44-29)17-41-10-5-7-19(41)2)21-8-9-23(31)22(15-21)30(33,34)35/h8-9,15,18-20H,4-7,10-14,16-17H2,1-3H3,(H,36,37,38,39)/t19-,20+/m1/s1. The zero-order chi connectivity index (χ0) is 31.4. The molecule has 2 atom stereocenters. The van der Waals surface area contributed by atoms with Crippen LogP contribution in [-0.2, 0) is 17.5 Å². The average molecular weight is 656 g/mol. The zero-order valence-corrected chi connectivity index (χ0v) is 26.7. The van der Waals surface area contributed by atoms with Crippen LogP contribution in [0.2, 0.25) is 5.02 Å². The van der Waals surface area contributed by atoms with Gasteiger partial charge < -0.3 is 15.0 Å². The van der Waals surface area contributed by atoms with E-state index in [-0.39, 0.29) is 22.7 Å². The molecule has 0 bridgehead atoms. The number of likely N-dealkylation sites (tertiary alicyclic amines) is 1. The molecule has 2 aromatic heterocycles. The van der Waals surface area contributed by atoms with Gasteiger partial charge in [0.1, 0.15) is 6.33 Å². The third-order valence-electron chi connectivity index (χ3n) is 8.28. The van der Waals surface area contributed by atoms with E-state index in [1.165, 1.54) is 29.8 Å². The number of ether oxygens (including phenoxy) is 1. The maximum atomic E-state index is 15.9. The summed E-state index contributed by atoms with van der Waals surface area (Å²) in [6.07, 6.45) is -0.255. The molecule has 14 heteroatoms. The number of piperazine rings is 1. The lowest BCUT2D eigenvalue weighted by Gasteiger charge is -2.40. The molecule has 0 radical (unpaired) electrons. The molecule has 0 saturated carbocycles. The minimum absolute atomic E-state index is 0.0322. The fourth-order valence-corrected chi connectivity index (χ4v) is 7.08. The molecule has 0 spiro atoms. The molecule has 0 unspecified atom stereocenters. The van der Waals surface area contributed by atoms with Gasteiger partial charge in [0.05, 0.1) is 16.3 Å². The highest BCUT2D eigenvalue weighted by Gasteiger charge is 2.34. The van der Waals surface area contributed by atoms with Crippen LogP contribution in [0.25, 0.3) is 11.3 Å². The topological polar surface area (TPSA) is 69.6 Å². The van der Waals surface area contributed by atoms with Gasteiger partial charge in [0.25, 0.3) is 0 Å². The fraction of sp³-hybridized carbons (Fsp3) is 0.567. The Bertz CT molecular complexity index is 1420. The predicted molar refractivity (Wildman–Crippen MR) is 166 cm³/mol. The Kier molecular flexibility index (Phi) is 10.6. The third-order valence-corrected chi connectivity index (χ3v) is 9.56. The molecule has 4 heterocycles. The molecule has 44 heavy (non-hydrogen) atoms. The first kappa shape index (κ1) is 32.8. The lowest BCUT2D eigenvalue weighted by Crippen LogP contribution is -2.52. The van der Waals surface area contributed by atoms with Crippen LogP contribution in [0.15, 0.2) is 24.5 Å². The van der Waals surface area contributed by atoms with Crippen molar-refractivity contribution >= 4 is 39.7 Å². The Balaban J connectivity index is 1.38. The molecule has 5 rings (SSSR count). The van der Waals surface area contributed by atoms with Crippen molar-refractivity contribution < 1.29 is 22.3 Å². The summed E-state index contributed by atoms with van der Waals surface area (Å²) in [6, 6.07) is 4.35. The van der Waals surface area contributed by atoms with Crippen LogP contribution in [0.4, 0.5) is 34.3 Å². The van der Waals surface area contributed by atoms with Gasteiger partial charge in [0, 0.05) is 68.5 Å². The number of thiazole rings is 1. The molecule has 240 valence electrons. The molecular formula is C30H38ClF4N7OS. The summed E-state index contributed by atoms with van der Waals surface area (Å²) >= 11 is 7.18. The van der Waals surface area contributed by atoms with Gasteiger partial charge in [0.15, 0.2) is 16.8 Å². The van der Waals surface area contributed by atoms with E-state index in [0.29, 0.717) is 48.7 Å². The van der Waals surface area contributed by atoms with E-state index in [9.17, 15) is 13.2 Å². The molecule has 2 aliphatic heterocycles. The number of benzene rings is 1. The largest absolute Gasteiger partial charge is 0.417 e. The van der Waals surface area contributed by atoms with Crippen LogP contribution in [-0.4, -0.2) is 82.8 Å². The second-order valence-corrected chi connectivity index (χ2v) is 12.8. The van der Waals surface area contributed by atoms with E-state index >= 15 is 4.39 Å². The summed E-state index contributed by atoms with van der Waals surface area (Å²) in [6.45, 7) is 12.0. The number of aromatic nitrogens is 3. The maximum absolute atomic E-state index is 15.9. The molecule has 1 aromatic carbocycles. The van der Waals surface area contributed by atoms with Crippen molar-refractivity contribution in [2.24, 2.45) is 0 Å². The van der Waals surface area contributed by atoms with Crippen molar-refractivity contribution in [1.29, 1.82) is 0 Å². The normalized spacial score (nSPS) is 20.0.